The number of carbonyl (C=O) groups is 4. The molecule has 39 heavy (non-hydrogen) atoms. The molecule has 1 atom stereocenters. The summed E-state index contributed by atoms with van der Waals surface area (Å²) in [6, 6.07) is 9.39. The topological polar surface area (TPSA) is 216 Å². The van der Waals surface area contributed by atoms with Gasteiger partial charge in [-0.25, -0.2) is 14.4 Å². The first-order valence-electron chi connectivity index (χ1n) is 11.3. The molecular weight excluding hydrogens is 514 g/mol. The summed E-state index contributed by atoms with van der Waals surface area (Å²) in [6.45, 7) is 0. The summed E-state index contributed by atoms with van der Waals surface area (Å²) in [4.78, 5) is 58.3. The lowest BCUT2D eigenvalue weighted by atomic mass is 9.90. The van der Waals surface area contributed by atoms with Crippen molar-refractivity contribution >= 4 is 40.6 Å². The van der Waals surface area contributed by atoms with Crippen molar-refractivity contribution in [3.63, 3.8) is 0 Å². The van der Waals surface area contributed by atoms with Crippen molar-refractivity contribution < 1.29 is 44.0 Å². The second-order valence-electron chi connectivity index (χ2n) is 8.32. The predicted octanol–water partition coefficient (Wildman–Crippen LogP) is 4.08. The van der Waals surface area contributed by atoms with Crippen LogP contribution < -0.4 is 10.7 Å². The summed E-state index contributed by atoms with van der Waals surface area (Å²) < 4.78 is 5.78. The normalized spacial score (nSPS) is 12.0. The van der Waals surface area contributed by atoms with Crippen LogP contribution in [0, 0.1) is 0 Å². The molecule has 0 aromatic heterocycles. The number of amides is 2. The van der Waals surface area contributed by atoms with Crippen molar-refractivity contribution in [1.29, 1.82) is 0 Å². The highest BCUT2D eigenvalue weighted by Crippen LogP contribution is 2.42. The Morgan fingerprint density at radius 1 is 0.923 bits per heavy atom. The van der Waals surface area contributed by atoms with E-state index in [1.165, 1.54) is 54.6 Å². The van der Waals surface area contributed by atoms with E-state index in [-0.39, 0.29) is 45.8 Å². The molecule has 2 aromatic rings. The quantitative estimate of drug-likeness (QED) is 0.161. The van der Waals surface area contributed by atoms with Crippen LogP contribution in [0.5, 0.6) is 5.75 Å². The van der Waals surface area contributed by atoms with Gasteiger partial charge in [0.1, 0.15) is 23.1 Å². The summed E-state index contributed by atoms with van der Waals surface area (Å²) in [5, 5.41) is 47.4. The molecule has 13 heteroatoms. The molecule has 13 nitrogen and oxygen atoms in total. The first-order valence-corrected chi connectivity index (χ1v) is 11.3. The molecule has 0 unspecified atom stereocenters. The van der Waals surface area contributed by atoms with Crippen molar-refractivity contribution in [3.8, 4) is 28.2 Å². The molecule has 1 aliphatic carbocycles. The average Bonchev–Trinajstić information content (AvgIpc) is 2.87. The zero-order valence-electron chi connectivity index (χ0n) is 19.8. The molecule has 0 spiro atoms. The Balaban J connectivity index is 1.79. The van der Waals surface area contributed by atoms with Crippen LogP contribution in [-0.2, 0) is 9.59 Å². The minimum Gasteiger partial charge on any atom is -0.508 e. The minimum atomic E-state index is -1.51. The van der Waals surface area contributed by atoms with E-state index in [0.717, 1.165) is 0 Å². The van der Waals surface area contributed by atoms with Crippen LogP contribution >= 0.6 is 0 Å². The lowest BCUT2D eigenvalue weighted by Crippen LogP contribution is -2.39. The van der Waals surface area contributed by atoms with E-state index in [2.05, 4.69) is 15.5 Å². The smallest absolute Gasteiger partial charge is 0.360 e. The van der Waals surface area contributed by atoms with E-state index >= 15 is 0 Å². The fourth-order valence-corrected chi connectivity index (χ4v) is 3.94. The molecule has 4 rings (SSSR count). The maximum absolute atomic E-state index is 12.2. The highest BCUT2D eigenvalue weighted by molar-refractivity contribution is 6.08. The third-order valence-electron chi connectivity index (χ3n) is 5.68. The number of carbonyl (C=O) groups excluding carboxylic acids is 1. The highest BCUT2D eigenvalue weighted by Gasteiger charge is 2.23. The number of nitrogens with zero attached hydrogens (tertiary/aromatic N) is 2. The van der Waals surface area contributed by atoms with Gasteiger partial charge in [0.05, 0.1) is 11.3 Å². The number of urea groups is 1. The van der Waals surface area contributed by atoms with Gasteiger partial charge >= 0.3 is 23.9 Å². The molecule has 5 N–H and O–H groups in total. The van der Waals surface area contributed by atoms with Gasteiger partial charge in [0.2, 0.25) is 0 Å². The molecule has 1 heterocycles. The number of aromatic hydroxyl groups is 1. The number of phenolic OH excluding ortho intramolecular Hbond substituents is 1. The molecular formula is C26H19N3O10. The monoisotopic (exact) mass is 533 g/mol. The maximum Gasteiger partial charge on any atom is 0.360 e. The fraction of sp³-hybridized carbons (Fsp3) is 0.115. The van der Waals surface area contributed by atoms with Gasteiger partial charge in [-0.15, -0.1) is 5.11 Å². The molecule has 198 valence electrons. The maximum atomic E-state index is 12.2. The third-order valence-corrected chi connectivity index (χ3v) is 5.68. The third kappa shape index (κ3) is 5.88. The molecule has 2 amide bonds. The van der Waals surface area contributed by atoms with Crippen LogP contribution in [0.15, 0.2) is 74.0 Å². The Labute approximate surface area is 218 Å². The van der Waals surface area contributed by atoms with Crippen LogP contribution in [0.1, 0.15) is 23.2 Å². The van der Waals surface area contributed by atoms with Gasteiger partial charge in [0, 0.05) is 35.1 Å². The van der Waals surface area contributed by atoms with Gasteiger partial charge in [-0.05, 0) is 54.4 Å². The minimum absolute atomic E-state index is 0.0314. The number of hydrogen-bond donors (Lipinski definition) is 5. The van der Waals surface area contributed by atoms with E-state index < -0.39 is 36.4 Å². The molecule has 2 aromatic carbocycles. The summed E-state index contributed by atoms with van der Waals surface area (Å²) in [6.07, 6.45) is -0.867. The standard InChI is InChI=1S/C26H19N3O10/c30-13-2-5-16-20(10-13)39-21-11-14(31)3-6-17(21)23(16)18-9-12(1-4-15(18)24(34)35)28-29-26(38)27-19(25(36)37)7-8-22(32)33/h1-6,9-11,19,30H,7-8H2,(H,27,38)(H,32,33)(H,34,35)(H,36,37)/t19-/m0/s1. The van der Waals surface area contributed by atoms with Crippen LogP contribution in [0.2, 0.25) is 0 Å². The Morgan fingerprint density at radius 3 is 2.38 bits per heavy atom. The Hall–Kier alpha value is -5.59. The number of nitrogens with one attached hydrogen (secondary N) is 1. The highest BCUT2D eigenvalue weighted by atomic mass is 16.4. The lowest BCUT2D eigenvalue weighted by Gasteiger charge is -2.17. The number of fused-ring (bicyclic) bond motifs is 2. The number of aliphatic carboxylic acids is 2. The van der Waals surface area contributed by atoms with Crippen LogP contribution in [-0.4, -0.2) is 50.4 Å². The Bertz CT molecular complexity index is 1690. The Kier molecular flexibility index (Phi) is 7.33. The number of phenols is 1. The fourth-order valence-electron chi connectivity index (χ4n) is 3.94. The molecule has 0 radical (unpaired) electrons. The average molecular weight is 533 g/mol. The molecule has 1 aliphatic heterocycles. The van der Waals surface area contributed by atoms with E-state index in [4.69, 9.17) is 9.52 Å². The first kappa shape index (κ1) is 26.5. The number of hydrogen-bond acceptors (Lipinski definition) is 8. The van der Waals surface area contributed by atoms with Crippen LogP contribution in [0.3, 0.4) is 0 Å². The number of aromatic carboxylic acids is 1. The summed E-state index contributed by atoms with van der Waals surface area (Å²) >= 11 is 0. The van der Waals surface area contributed by atoms with Crippen molar-refractivity contribution in [1.82, 2.24) is 5.32 Å². The summed E-state index contributed by atoms with van der Waals surface area (Å²) in [7, 11) is 0. The SMILES string of the molecule is O=C(O)CC[C@H](NC(=O)N=Nc1ccc(C(=O)O)c(-c2c3ccc(=O)cc-3oc3cc(O)ccc23)c1)C(=O)O. The van der Waals surface area contributed by atoms with Gasteiger partial charge in [-0.2, -0.15) is 0 Å². The Morgan fingerprint density at radius 2 is 1.69 bits per heavy atom. The zero-order chi connectivity index (χ0) is 28.3. The first-order chi connectivity index (χ1) is 18.5. The van der Waals surface area contributed by atoms with Crippen molar-refractivity contribution in [2.45, 2.75) is 18.9 Å². The van der Waals surface area contributed by atoms with E-state index in [0.29, 0.717) is 16.5 Å². The summed E-state index contributed by atoms with van der Waals surface area (Å²) in [5.74, 6) is -3.95. The number of rotatable bonds is 8. The van der Waals surface area contributed by atoms with E-state index in [1.54, 1.807) is 0 Å². The second kappa shape index (κ2) is 10.8. The van der Waals surface area contributed by atoms with Gasteiger partial charge in [0.25, 0.3) is 0 Å². The van der Waals surface area contributed by atoms with Crippen LogP contribution in [0.25, 0.3) is 33.4 Å². The van der Waals surface area contributed by atoms with Gasteiger partial charge in [-0.1, -0.05) is 5.11 Å². The zero-order valence-corrected chi connectivity index (χ0v) is 19.8. The van der Waals surface area contributed by atoms with Gasteiger partial charge in [-0.3, -0.25) is 9.59 Å². The number of benzene rings is 3. The summed E-state index contributed by atoms with van der Waals surface area (Å²) in [5.41, 5.74) is 0.586. The predicted molar refractivity (Wildman–Crippen MR) is 135 cm³/mol. The number of azo groups is 1. The molecule has 0 saturated heterocycles. The largest absolute Gasteiger partial charge is 0.508 e. The number of carboxylic acid groups (broad SMARTS) is 3. The van der Waals surface area contributed by atoms with Gasteiger partial charge in [0.15, 0.2) is 5.43 Å². The van der Waals surface area contributed by atoms with E-state index in [1.807, 2.05) is 0 Å². The number of carboxylic acids is 3. The van der Waals surface area contributed by atoms with Crippen molar-refractivity contribution in [2.75, 3.05) is 0 Å². The molecule has 2 aliphatic rings. The molecule has 0 saturated carbocycles. The van der Waals surface area contributed by atoms with Crippen molar-refractivity contribution in [2.24, 2.45) is 10.2 Å². The van der Waals surface area contributed by atoms with Gasteiger partial charge < -0.3 is 30.2 Å². The van der Waals surface area contributed by atoms with E-state index in [9.17, 15) is 39.3 Å². The van der Waals surface area contributed by atoms with Crippen LogP contribution in [0.4, 0.5) is 10.5 Å². The molecule has 0 fully saturated rings. The molecule has 0 bridgehead atoms. The lowest BCUT2D eigenvalue weighted by molar-refractivity contribution is -0.140. The second-order valence-corrected chi connectivity index (χ2v) is 8.32. The van der Waals surface area contributed by atoms with Crippen molar-refractivity contribution in [3.05, 3.63) is 70.4 Å².